The number of anilines is 1. The molecule has 36 heavy (non-hydrogen) atoms. The van der Waals surface area contributed by atoms with Crippen LogP contribution in [0.2, 0.25) is 0 Å². The van der Waals surface area contributed by atoms with Gasteiger partial charge in [-0.15, -0.1) is 0 Å². The lowest BCUT2D eigenvalue weighted by atomic mass is 9.98. The summed E-state index contributed by atoms with van der Waals surface area (Å²) in [6.07, 6.45) is -7.72. The smallest absolute Gasteiger partial charge is 0.433 e. The number of alkyl halides is 6. The third kappa shape index (κ3) is 5.07. The standard InChI is InChI=1S/C24H18F6N4O2/c1-34-20(24(28,29)30)9-18(33-34)17-6-7-19(36-12-13-2-4-16(31)5-3-13)21(22(17)35)14-8-15(11-32-10-14)23(25,26)27/h2-11,35H,12,31H2,1H3. The predicted molar refractivity (Wildman–Crippen MR) is 119 cm³/mol. The minimum Gasteiger partial charge on any atom is -0.506 e. The normalized spacial score (nSPS) is 12.1. The molecule has 2 heterocycles. The quantitative estimate of drug-likeness (QED) is 0.253. The van der Waals surface area contributed by atoms with Gasteiger partial charge < -0.3 is 15.6 Å². The first-order valence-electron chi connectivity index (χ1n) is 10.3. The Labute approximate surface area is 200 Å². The molecule has 2 aromatic heterocycles. The number of hydrogen-bond acceptors (Lipinski definition) is 5. The lowest BCUT2D eigenvalue weighted by Gasteiger charge is -2.16. The van der Waals surface area contributed by atoms with Crippen LogP contribution in [0.5, 0.6) is 11.5 Å². The molecule has 0 radical (unpaired) electrons. The Balaban J connectivity index is 1.84. The monoisotopic (exact) mass is 508 g/mol. The molecular formula is C24H18F6N4O2. The maximum absolute atomic E-state index is 13.3. The van der Waals surface area contributed by atoms with E-state index in [1.165, 1.54) is 12.1 Å². The van der Waals surface area contributed by atoms with Crippen LogP contribution in [0.15, 0.2) is 60.9 Å². The molecule has 0 atom stereocenters. The Bertz CT molecular complexity index is 1400. The van der Waals surface area contributed by atoms with Crippen LogP contribution >= 0.6 is 0 Å². The van der Waals surface area contributed by atoms with Gasteiger partial charge in [-0.2, -0.15) is 31.4 Å². The fourth-order valence-electron chi connectivity index (χ4n) is 3.55. The number of ether oxygens (including phenoxy) is 1. The first-order chi connectivity index (χ1) is 16.8. The van der Waals surface area contributed by atoms with Gasteiger partial charge in [0.2, 0.25) is 0 Å². The third-order valence-electron chi connectivity index (χ3n) is 5.31. The third-order valence-corrected chi connectivity index (χ3v) is 5.31. The van der Waals surface area contributed by atoms with Crippen LogP contribution in [0.3, 0.4) is 0 Å². The molecule has 2 aromatic carbocycles. The summed E-state index contributed by atoms with van der Waals surface area (Å²) in [5.41, 5.74) is 4.03. The molecule has 0 aliphatic heterocycles. The zero-order valence-electron chi connectivity index (χ0n) is 18.5. The topological polar surface area (TPSA) is 86.2 Å². The summed E-state index contributed by atoms with van der Waals surface area (Å²) in [5, 5.41) is 14.9. The molecule has 0 bridgehead atoms. The summed E-state index contributed by atoms with van der Waals surface area (Å²) in [5.74, 6) is -0.626. The Morgan fingerprint density at radius 3 is 2.25 bits per heavy atom. The first-order valence-corrected chi connectivity index (χ1v) is 10.3. The molecule has 4 aromatic rings. The molecule has 188 valence electrons. The molecule has 0 spiro atoms. The maximum atomic E-state index is 13.3. The number of nitrogens with zero attached hydrogens (tertiary/aromatic N) is 3. The summed E-state index contributed by atoms with van der Waals surface area (Å²) in [7, 11) is 1.09. The van der Waals surface area contributed by atoms with E-state index in [1.54, 1.807) is 24.3 Å². The minimum atomic E-state index is -4.72. The number of rotatable bonds is 5. The van der Waals surface area contributed by atoms with Crippen molar-refractivity contribution in [3.05, 3.63) is 77.7 Å². The van der Waals surface area contributed by atoms with Gasteiger partial charge in [0.25, 0.3) is 0 Å². The summed E-state index contributed by atoms with van der Waals surface area (Å²) in [6, 6.07) is 10.7. The van der Waals surface area contributed by atoms with E-state index in [2.05, 4.69) is 10.1 Å². The summed E-state index contributed by atoms with van der Waals surface area (Å²) in [6.45, 7) is -0.0275. The highest BCUT2D eigenvalue weighted by molar-refractivity contribution is 5.85. The second-order valence-electron chi connectivity index (χ2n) is 7.86. The highest BCUT2D eigenvalue weighted by atomic mass is 19.4. The van der Waals surface area contributed by atoms with Crippen molar-refractivity contribution in [1.29, 1.82) is 0 Å². The Kier molecular flexibility index (Phi) is 6.29. The SMILES string of the molecule is Cn1nc(-c2ccc(OCc3ccc(N)cc3)c(-c3cncc(C(F)(F)F)c3)c2O)cc1C(F)(F)F. The minimum absolute atomic E-state index is 0.0128. The average Bonchev–Trinajstić information content (AvgIpc) is 3.20. The van der Waals surface area contributed by atoms with Crippen molar-refractivity contribution in [2.75, 3.05) is 5.73 Å². The highest BCUT2D eigenvalue weighted by Gasteiger charge is 2.36. The summed E-state index contributed by atoms with van der Waals surface area (Å²) >= 11 is 0. The zero-order chi connectivity index (χ0) is 26.3. The average molecular weight is 508 g/mol. The number of phenols is 1. The van der Waals surface area contributed by atoms with Gasteiger partial charge >= 0.3 is 12.4 Å². The highest BCUT2D eigenvalue weighted by Crippen LogP contribution is 2.45. The van der Waals surface area contributed by atoms with Crippen LogP contribution in [0, 0.1) is 0 Å². The van der Waals surface area contributed by atoms with E-state index in [9.17, 15) is 31.4 Å². The summed E-state index contributed by atoms with van der Waals surface area (Å²) in [4.78, 5) is 3.62. The van der Waals surface area contributed by atoms with Crippen molar-refractivity contribution >= 4 is 5.69 Å². The number of aromatic hydroxyl groups is 1. The van der Waals surface area contributed by atoms with Gasteiger partial charge in [-0.3, -0.25) is 9.67 Å². The van der Waals surface area contributed by atoms with Crippen molar-refractivity contribution in [3.8, 4) is 33.9 Å². The summed E-state index contributed by atoms with van der Waals surface area (Å²) < 4.78 is 86.2. The van der Waals surface area contributed by atoms with Crippen LogP contribution in [-0.4, -0.2) is 19.9 Å². The van der Waals surface area contributed by atoms with Crippen LogP contribution in [0.1, 0.15) is 16.8 Å². The van der Waals surface area contributed by atoms with Crippen molar-refractivity contribution in [2.45, 2.75) is 19.0 Å². The van der Waals surface area contributed by atoms with Gasteiger partial charge in [-0.25, -0.2) is 0 Å². The van der Waals surface area contributed by atoms with Crippen LogP contribution in [-0.2, 0) is 26.0 Å². The van der Waals surface area contributed by atoms with E-state index in [4.69, 9.17) is 10.5 Å². The largest absolute Gasteiger partial charge is 0.506 e. The Hall–Kier alpha value is -4.22. The van der Waals surface area contributed by atoms with Gasteiger partial charge in [0.15, 0.2) is 0 Å². The zero-order valence-corrected chi connectivity index (χ0v) is 18.5. The number of aryl methyl sites for hydroxylation is 1. The molecular weight excluding hydrogens is 490 g/mol. The van der Waals surface area contributed by atoms with Crippen LogP contribution in [0.25, 0.3) is 22.4 Å². The lowest BCUT2D eigenvalue weighted by Crippen LogP contribution is -2.11. The number of benzene rings is 2. The van der Waals surface area contributed by atoms with Crippen LogP contribution < -0.4 is 10.5 Å². The second-order valence-corrected chi connectivity index (χ2v) is 7.86. The molecule has 4 rings (SSSR count). The van der Waals surface area contributed by atoms with Crippen LogP contribution in [0.4, 0.5) is 32.0 Å². The molecule has 0 aliphatic rings. The predicted octanol–water partition coefficient (Wildman–Crippen LogP) is 6.05. The van der Waals surface area contributed by atoms with E-state index < -0.39 is 29.4 Å². The number of nitrogen functional groups attached to an aromatic ring is 1. The molecule has 0 fully saturated rings. The van der Waals surface area contributed by atoms with Gasteiger partial charge in [0.05, 0.1) is 16.8 Å². The Morgan fingerprint density at radius 1 is 0.944 bits per heavy atom. The first kappa shape index (κ1) is 24.9. The number of pyridine rings is 1. The van der Waals surface area contributed by atoms with Crippen molar-refractivity contribution < 1.29 is 36.2 Å². The van der Waals surface area contributed by atoms with Gasteiger partial charge in [0.1, 0.15) is 23.8 Å². The van der Waals surface area contributed by atoms with Crippen molar-refractivity contribution in [2.24, 2.45) is 7.05 Å². The fourth-order valence-corrected chi connectivity index (χ4v) is 3.55. The second kappa shape index (κ2) is 9.10. The van der Waals surface area contributed by atoms with E-state index in [0.29, 0.717) is 22.1 Å². The van der Waals surface area contributed by atoms with E-state index in [-0.39, 0.29) is 34.7 Å². The maximum Gasteiger partial charge on any atom is 0.433 e. The van der Waals surface area contributed by atoms with E-state index in [1.807, 2.05) is 0 Å². The Morgan fingerprint density at radius 2 is 1.64 bits per heavy atom. The molecule has 6 nitrogen and oxygen atoms in total. The molecule has 0 saturated carbocycles. The van der Waals surface area contributed by atoms with E-state index in [0.717, 1.165) is 25.4 Å². The number of phenolic OH excluding ortho intramolecular Hbond substituents is 1. The molecule has 0 amide bonds. The van der Waals surface area contributed by atoms with Crippen molar-refractivity contribution in [1.82, 2.24) is 14.8 Å². The van der Waals surface area contributed by atoms with Crippen molar-refractivity contribution in [3.63, 3.8) is 0 Å². The molecule has 0 saturated heterocycles. The number of aromatic nitrogens is 3. The van der Waals surface area contributed by atoms with E-state index >= 15 is 0 Å². The number of hydrogen-bond donors (Lipinski definition) is 2. The van der Waals surface area contributed by atoms with Gasteiger partial charge in [-0.1, -0.05) is 12.1 Å². The number of nitrogens with two attached hydrogens (primary N) is 1. The van der Waals surface area contributed by atoms with Gasteiger partial charge in [0, 0.05) is 36.3 Å². The van der Waals surface area contributed by atoms with Gasteiger partial charge in [-0.05, 0) is 42.0 Å². The molecule has 3 N–H and O–H groups in total. The fraction of sp³-hybridized carbons (Fsp3) is 0.167. The molecule has 12 heteroatoms. The number of halogens is 6. The lowest BCUT2D eigenvalue weighted by molar-refractivity contribution is -0.143. The molecule has 0 unspecified atom stereocenters. The molecule has 0 aliphatic carbocycles.